The van der Waals surface area contributed by atoms with E-state index >= 15 is 0 Å². The van der Waals surface area contributed by atoms with Gasteiger partial charge in [0.05, 0.1) is 5.75 Å². The first-order valence-electron chi connectivity index (χ1n) is 8.30. The number of hydrogen-bond donors (Lipinski definition) is 1. The predicted molar refractivity (Wildman–Crippen MR) is 89.7 cm³/mol. The first-order valence-corrected chi connectivity index (χ1v) is 9.91. The lowest BCUT2D eigenvalue weighted by Crippen LogP contribution is -2.50. The van der Waals surface area contributed by atoms with Crippen LogP contribution in [0.2, 0.25) is 0 Å². The summed E-state index contributed by atoms with van der Waals surface area (Å²) in [7, 11) is -3.81. The molecule has 1 heterocycles. The largest absolute Gasteiger partial charge is 0.352 e. The van der Waals surface area contributed by atoms with Crippen molar-refractivity contribution in [3.05, 3.63) is 35.4 Å². The average molecular weight is 350 g/mol. The number of hydrogen-bond acceptors (Lipinski definition) is 4. The average Bonchev–Trinajstić information content (AvgIpc) is 2.53. The Labute approximate surface area is 142 Å². The molecule has 0 bridgehead atoms. The summed E-state index contributed by atoms with van der Waals surface area (Å²) in [5.74, 6) is -0.909. The fourth-order valence-corrected chi connectivity index (χ4v) is 4.94. The quantitative estimate of drug-likeness (QED) is 0.899. The van der Waals surface area contributed by atoms with Crippen LogP contribution >= 0.6 is 0 Å². The molecule has 1 aliphatic heterocycles. The van der Waals surface area contributed by atoms with Crippen molar-refractivity contribution in [2.75, 3.05) is 6.54 Å². The predicted octanol–water partition coefficient (Wildman–Crippen LogP) is 1.67. The van der Waals surface area contributed by atoms with Gasteiger partial charge in [0.2, 0.25) is 15.9 Å². The van der Waals surface area contributed by atoms with Crippen LogP contribution in [0.1, 0.15) is 48.5 Å². The summed E-state index contributed by atoms with van der Waals surface area (Å²) in [6, 6.07) is 6.68. The molecule has 1 aliphatic carbocycles. The van der Waals surface area contributed by atoms with Gasteiger partial charge in [-0.15, -0.1) is 0 Å². The Morgan fingerprint density at radius 1 is 1.25 bits per heavy atom. The number of carbonyl (C=O) groups excluding carboxylic acids is 2. The van der Waals surface area contributed by atoms with Crippen molar-refractivity contribution in [2.24, 2.45) is 5.92 Å². The van der Waals surface area contributed by atoms with E-state index in [2.05, 4.69) is 12.2 Å². The molecule has 0 saturated heterocycles. The SMILES string of the molecule is CC1CCCCC1NC(=O)CN1C(=O)c2ccccc2CS1(=O)=O. The summed E-state index contributed by atoms with van der Waals surface area (Å²) < 4.78 is 25.5. The monoisotopic (exact) mass is 350 g/mol. The number of benzene rings is 1. The zero-order valence-corrected chi connectivity index (χ0v) is 14.5. The second-order valence-corrected chi connectivity index (χ2v) is 8.55. The van der Waals surface area contributed by atoms with Gasteiger partial charge < -0.3 is 5.32 Å². The van der Waals surface area contributed by atoms with E-state index in [4.69, 9.17) is 0 Å². The molecule has 0 radical (unpaired) electrons. The first-order chi connectivity index (χ1) is 11.4. The van der Waals surface area contributed by atoms with Gasteiger partial charge in [0.15, 0.2) is 0 Å². The highest BCUT2D eigenvalue weighted by molar-refractivity contribution is 7.89. The molecule has 2 amide bonds. The topological polar surface area (TPSA) is 83.6 Å². The molecular formula is C17H22N2O4S. The van der Waals surface area contributed by atoms with Crippen LogP contribution in [0.4, 0.5) is 0 Å². The van der Waals surface area contributed by atoms with E-state index in [1.807, 2.05) is 0 Å². The van der Waals surface area contributed by atoms with Gasteiger partial charge in [-0.05, 0) is 30.4 Å². The van der Waals surface area contributed by atoms with Crippen LogP contribution < -0.4 is 5.32 Å². The van der Waals surface area contributed by atoms with E-state index < -0.39 is 28.4 Å². The van der Waals surface area contributed by atoms with Gasteiger partial charge in [-0.25, -0.2) is 12.7 Å². The molecule has 1 aromatic carbocycles. The molecule has 7 heteroatoms. The minimum absolute atomic E-state index is 0.0566. The lowest BCUT2D eigenvalue weighted by Gasteiger charge is -2.31. The summed E-state index contributed by atoms with van der Waals surface area (Å²) in [5.41, 5.74) is 0.839. The van der Waals surface area contributed by atoms with Crippen molar-refractivity contribution < 1.29 is 18.0 Å². The summed E-state index contributed by atoms with van der Waals surface area (Å²) in [6.45, 7) is 1.64. The Morgan fingerprint density at radius 2 is 1.96 bits per heavy atom. The Bertz CT molecular complexity index is 760. The van der Waals surface area contributed by atoms with Crippen LogP contribution in [0.25, 0.3) is 0 Å². The third kappa shape index (κ3) is 3.31. The third-order valence-corrected chi connectivity index (χ3v) is 6.54. The standard InChI is InChI=1S/C17H22N2O4S/c1-12-6-2-5-9-15(12)18-16(20)10-19-17(21)14-8-4-3-7-13(14)11-24(19,22)23/h3-4,7-8,12,15H,2,5-6,9-11H2,1H3,(H,18,20). The van der Waals surface area contributed by atoms with Crippen LogP contribution in [-0.4, -0.2) is 37.1 Å². The molecule has 3 rings (SSSR count). The van der Waals surface area contributed by atoms with E-state index in [-0.39, 0.29) is 11.8 Å². The molecule has 1 N–H and O–H groups in total. The van der Waals surface area contributed by atoms with Gasteiger partial charge in [-0.3, -0.25) is 9.59 Å². The van der Waals surface area contributed by atoms with Crippen molar-refractivity contribution in [3.8, 4) is 0 Å². The van der Waals surface area contributed by atoms with Gasteiger partial charge >= 0.3 is 0 Å². The number of rotatable bonds is 3. The normalized spacial score (nSPS) is 25.9. The minimum Gasteiger partial charge on any atom is -0.352 e. The number of nitrogens with one attached hydrogen (secondary N) is 1. The molecule has 6 nitrogen and oxygen atoms in total. The number of carbonyl (C=O) groups is 2. The summed E-state index contributed by atoms with van der Waals surface area (Å²) in [5, 5.41) is 2.90. The van der Waals surface area contributed by atoms with Crippen molar-refractivity contribution in [3.63, 3.8) is 0 Å². The number of nitrogens with zero attached hydrogens (tertiary/aromatic N) is 1. The molecule has 0 aromatic heterocycles. The van der Waals surface area contributed by atoms with Crippen molar-refractivity contribution in [2.45, 2.75) is 44.4 Å². The Morgan fingerprint density at radius 3 is 2.71 bits per heavy atom. The minimum atomic E-state index is -3.81. The zero-order chi connectivity index (χ0) is 17.3. The van der Waals surface area contributed by atoms with E-state index in [1.165, 1.54) is 0 Å². The Hall–Kier alpha value is -1.89. The smallest absolute Gasteiger partial charge is 0.268 e. The zero-order valence-electron chi connectivity index (χ0n) is 13.7. The third-order valence-electron chi connectivity index (χ3n) is 4.89. The molecule has 24 heavy (non-hydrogen) atoms. The fraction of sp³-hybridized carbons (Fsp3) is 0.529. The van der Waals surface area contributed by atoms with Gasteiger partial charge in [0.1, 0.15) is 6.54 Å². The second kappa shape index (κ2) is 6.55. The van der Waals surface area contributed by atoms with Gasteiger partial charge in [0.25, 0.3) is 5.91 Å². The number of fused-ring (bicyclic) bond motifs is 1. The van der Waals surface area contributed by atoms with Crippen molar-refractivity contribution in [1.29, 1.82) is 0 Å². The maximum Gasteiger partial charge on any atom is 0.268 e. The fourth-order valence-electron chi connectivity index (χ4n) is 3.47. The highest BCUT2D eigenvalue weighted by Crippen LogP contribution is 2.25. The van der Waals surface area contributed by atoms with Crippen LogP contribution in [0.5, 0.6) is 0 Å². The lowest BCUT2D eigenvalue weighted by atomic mass is 9.86. The van der Waals surface area contributed by atoms with Crippen LogP contribution in [0.3, 0.4) is 0 Å². The van der Waals surface area contributed by atoms with E-state index in [1.54, 1.807) is 24.3 Å². The molecule has 130 valence electrons. The number of sulfonamides is 1. The van der Waals surface area contributed by atoms with Crippen LogP contribution in [0, 0.1) is 5.92 Å². The Balaban J connectivity index is 1.74. The highest BCUT2D eigenvalue weighted by Gasteiger charge is 2.37. The summed E-state index contributed by atoms with van der Waals surface area (Å²) in [6.07, 6.45) is 4.17. The first kappa shape index (κ1) is 17.0. The van der Waals surface area contributed by atoms with Gasteiger partial charge in [0, 0.05) is 11.6 Å². The molecule has 2 aliphatic rings. The summed E-state index contributed by atoms with van der Waals surface area (Å²) >= 11 is 0. The molecule has 2 atom stereocenters. The van der Waals surface area contributed by atoms with Crippen LogP contribution in [-0.2, 0) is 20.6 Å². The highest BCUT2D eigenvalue weighted by atomic mass is 32.2. The summed E-state index contributed by atoms with van der Waals surface area (Å²) in [4.78, 5) is 24.8. The van der Waals surface area contributed by atoms with Crippen molar-refractivity contribution in [1.82, 2.24) is 9.62 Å². The van der Waals surface area contributed by atoms with E-state index in [0.717, 1.165) is 25.7 Å². The van der Waals surface area contributed by atoms with E-state index in [9.17, 15) is 18.0 Å². The Kier molecular flexibility index (Phi) is 4.62. The molecule has 1 saturated carbocycles. The van der Waals surface area contributed by atoms with E-state index in [0.29, 0.717) is 21.4 Å². The molecule has 1 aromatic rings. The molecule has 0 spiro atoms. The van der Waals surface area contributed by atoms with Crippen LogP contribution in [0.15, 0.2) is 24.3 Å². The molecule has 1 fully saturated rings. The second-order valence-electron chi connectivity index (χ2n) is 6.66. The lowest BCUT2D eigenvalue weighted by molar-refractivity contribution is -0.122. The molecule has 2 unspecified atom stereocenters. The molecular weight excluding hydrogens is 328 g/mol. The maximum atomic E-state index is 12.5. The van der Waals surface area contributed by atoms with Gasteiger partial charge in [-0.1, -0.05) is 38.0 Å². The van der Waals surface area contributed by atoms with Crippen molar-refractivity contribution >= 4 is 21.8 Å². The van der Waals surface area contributed by atoms with Gasteiger partial charge in [-0.2, -0.15) is 0 Å². The number of amides is 2. The maximum absolute atomic E-state index is 12.5.